The molecular weight excluding hydrogens is 284 g/mol. The lowest BCUT2D eigenvalue weighted by Gasteiger charge is -2.33. The van der Waals surface area contributed by atoms with E-state index < -0.39 is 0 Å². The number of allylic oxidation sites excluding steroid dienone is 3. The van der Waals surface area contributed by atoms with Gasteiger partial charge in [-0.25, -0.2) is 0 Å². The number of unbranched alkanes of at least 4 members (excludes halogenated alkanes) is 1. The molecule has 23 heavy (non-hydrogen) atoms. The Hall–Kier alpha value is -0.860. The molecule has 0 saturated carbocycles. The fraction of sp³-hybridized carbons (Fsp3) is 0.714. The fourth-order valence-electron chi connectivity index (χ4n) is 1.93. The summed E-state index contributed by atoms with van der Waals surface area (Å²) in [6, 6.07) is 0. The monoisotopic (exact) mass is 324 g/mol. The molecule has 0 saturated heterocycles. The molecule has 3 atom stereocenters. The zero-order valence-electron chi connectivity index (χ0n) is 16.5. The molecular formula is C21H40O2. The van der Waals surface area contributed by atoms with Gasteiger partial charge in [0.2, 0.25) is 0 Å². The Labute approximate surface area is 145 Å². The Bertz CT molecular complexity index is 331. The van der Waals surface area contributed by atoms with Crippen molar-refractivity contribution in [3.63, 3.8) is 0 Å². The number of hydrogen-bond donors (Lipinski definition) is 2. The highest BCUT2D eigenvalue weighted by Gasteiger charge is 2.26. The van der Waals surface area contributed by atoms with E-state index in [2.05, 4.69) is 53.3 Å². The van der Waals surface area contributed by atoms with Gasteiger partial charge in [-0.1, -0.05) is 78.0 Å². The Morgan fingerprint density at radius 2 is 1.48 bits per heavy atom. The molecule has 2 nitrogen and oxygen atoms in total. The third kappa shape index (κ3) is 13.3. The van der Waals surface area contributed by atoms with Crippen LogP contribution in [-0.4, -0.2) is 22.9 Å². The molecule has 2 N–H and O–H groups in total. The predicted molar refractivity (Wildman–Crippen MR) is 103 cm³/mol. The van der Waals surface area contributed by atoms with Crippen molar-refractivity contribution in [2.75, 3.05) is 6.61 Å². The standard InChI is InChI=1S/C12H24O.C9H16O/c1-8(9(2)11(4)13)10(3)12(5,6)7;1-2-3-4-5-6-7-8-9-10/h9-11,13H,1H2,2-7H3;3-4,7-8,10H,2,5-6,9H2,1H3/b;4-3-,8-7+. The molecule has 0 heterocycles. The van der Waals surface area contributed by atoms with Crippen LogP contribution in [0, 0.1) is 17.3 Å². The number of rotatable bonds is 8. The Balaban J connectivity index is 0. The molecule has 0 fully saturated rings. The van der Waals surface area contributed by atoms with E-state index >= 15 is 0 Å². The number of hydrogen-bond acceptors (Lipinski definition) is 2. The van der Waals surface area contributed by atoms with Gasteiger partial charge in [-0.3, -0.25) is 0 Å². The molecule has 0 aromatic carbocycles. The van der Waals surface area contributed by atoms with E-state index in [9.17, 15) is 5.11 Å². The molecule has 0 aliphatic rings. The molecule has 0 aromatic heterocycles. The summed E-state index contributed by atoms with van der Waals surface area (Å²) in [5.74, 6) is 0.631. The van der Waals surface area contributed by atoms with Crippen molar-refractivity contribution in [1.29, 1.82) is 0 Å². The highest BCUT2D eigenvalue weighted by Crippen LogP contribution is 2.34. The van der Waals surface area contributed by atoms with E-state index in [0.29, 0.717) is 5.92 Å². The second-order valence-corrected chi connectivity index (χ2v) is 7.30. The van der Waals surface area contributed by atoms with E-state index in [4.69, 9.17) is 5.11 Å². The first-order chi connectivity index (χ1) is 10.6. The van der Waals surface area contributed by atoms with Gasteiger partial charge >= 0.3 is 0 Å². The van der Waals surface area contributed by atoms with Crippen LogP contribution in [0.2, 0.25) is 0 Å². The quantitative estimate of drug-likeness (QED) is 0.455. The zero-order chi connectivity index (χ0) is 18.5. The summed E-state index contributed by atoms with van der Waals surface area (Å²) < 4.78 is 0. The molecule has 136 valence electrons. The van der Waals surface area contributed by atoms with Crippen molar-refractivity contribution >= 4 is 0 Å². The summed E-state index contributed by atoms with van der Waals surface area (Å²) in [7, 11) is 0. The minimum atomic E-state index is -0.294. The van der Waals surface area contributed by atoms with Crippen molar-refractivity contribution in [3.8, 4) is 0 Å². The summed E-state index contributed by atoms with van der Waals surface area (Å²) in [5, 5.41) is 17.8. The topological polar surface area (TPSA) is 40.5 Å². The van der Waals surface area contributed by atoms with Crippen molar-refractivity contribution in [3.05, 3.63) is 36.5 Å². The maximum atomic E-state index is 9.45. The minimum Gasteiger partial charge on any atom is -0.393 e. The average Bonchev–Trinajstić information content (AvgIpc) is 2.48. The van der Waals surface area contributed by atoms with Gasteiger partial charge in [0.1, 0.15) is 0 Å². The second kappa shape index (κ2) is 13.6. The van der Waals surface area contributed by atoms with Crippen LogP contribution in [-0.2, 0) is 0 Å². The average molecular weight is 325 g/mol. The van der Waals surface area contributed by atoms with Crippen LogP contribution in [0.5, 0.6) is 0 Å². The largest absolute Gasteiger partial charge is 0.393 e. The van der Waals surface area contributed by atoms with E-state index in [1.165, 1.54) is 0 Å². The maximum Gasteiger partial charge on any atom is 0.0612 e. The van der Waals surface area contributed by atoms with E-state index in [1.54, 1.807) is 6.08 Å². The van der Waals surface area contributed by atoms with Crippen LogP contribution in [0.25, 0.3) is 0 Å². The molecule has 0 aliphatic carbocycles. The van der Waals surface area contributed by atoms with Crippen LogP contribution in [0.1, 0.15) is 67.7 Å². The lowest BCUT2D eigenvalue weighted by molar-refractivity contribution is 0.138. The van der Waals surface area contributed by atoms with E-state index in [-0.39, 0.29) is 24.0 Å². The third-order valence-corrected chi connectivity index (χ3v) is 4.34. The van der Waals surface area contributed by atoms with Gasteiger partial charge in [-0.2, -0.15) is 0 Å². The smallest absolute Gasteiger partial charge is 0.0612 e. The van der Waals surface area contributed by atoms with Gasteiger partial charge in [0.15, 0.2) is 0 Å². The first kappa shape index (κ1) is 24.4. The first-order valence-electron chi connectivity index (χ1n) is 8.87. The molecule has 0 aromatic rings. The molecule has 0 bridgehead atoms. The van der Waals surface area contributed by atoms with Crippen molar-refractivity contribution < 1.29 is 10.2 Å². The van der Waals surface area contributed by atoms with Crippen LogP contribution in [0.4, 0.5) is 0 Å². The second-order valence-electron chi connectivity index (χ2n) is 7.30. The normalized spacial score (nSPS) is 16.0. The van der Waals surface area contributed by atoms with Crippen LogP contribution in [0.3, 0.4) is 0 Å². The third-order valence-electron chi connectivity index (χ3n) is 4.34. The van der Waals surface area contributed by atoms with Gasteiger partial charge < -0.3 is 10.2 Å². The van der Waals surface area contributed by atoms with Crippen LogP contribution in [0.15, 0.2) is 36.5 Å². The Morgan fingerprint density at radius 1 is 1.00 bits per heavy atom. The molecule has 0 amide bonds. The van der Waals surface area contributed by atoms with Gasteiger partial charge in [-0.05, 0) is 37.5 Å². The molecule has 0 spiro atoms. The molecule has 2 heteroatoms. The summed E-state index contributed by atoms with van der Waals surface area (Å²) in [6.45, 7) is 19.0. The van der Waals surface area contributed by atoms with Gasteiger partial charge in [0.25, 0.3) is 0 Å². The van der Waals surface area contributed by atoms with Crippen molar-refractivity contribution in [2.45, 2.75) is 73.8 Å². The Kier molecular flexibility index (Phi) is 14.4. The highest BCUT2D eigenvalue weighted by atomic mass is 16.3. The lowest BCUT2D eigenvalue weighted by Crippen LogP contribution is -2.26. The lowest BCUT2D eigenvalue weighted by atomic mass is 9.73. The molecule has 3 unspecified atom stereocenters. The zero-order valence-corrected chi connectivity index (χ0v) is 16.5. The number of aliphatic hydroxyl groups excluding tert-OH is 2. The predicted octanol–water partition coefficient (Wildman–Crippen LogP) is 5.52. The van der Waals surface area contributed by atoms with Crippen molar-refractivity contribution in [1.82, 2.24) is 0 Å². The number of aliphatic hydroxyl groups is 2. The van der Waals surface area contributed by atoms with Crippen LogP contribution >= 0.6 is 0 Å². The molecule has 0 rings (SSSR count). The summed E-state index contributed by atoms with van der Waals surface area (Å²) in [4.78, 5) is 0. The van der Waals surface area contributed by atoms with E-state index in [1.807, 2.05) is 19.9 Å². The van der Waals surface area contributed by atoms with Crippen LogP contribution < -0.4 is 0 Å². The molecule has 0 aliphatic heterocycles. The van der Waals surface area contributed by atoms with Gasteiger partial charge in [0, 0.05) is 5.92 Å². The van der Waals surface area contributed by atoms with Gasteiger partial charge in [0.05, 0.1) is 12.7 Å². The highest BCUT2D eigenvalue weighted by molar-refractivity contribution is 5.08. The summed E-state index contributed by atoms with van der Waals surface area (Å²) in [6.07, 6.45) is 11.1. The summed E-state index contributed by atoms with van der Waals surface area (Å²) in [5.41, 5.74) is 1.39. The first-order valence-corrected chi connectivity index (χ1v) is 8.87. The SMILES string of the molecule is C=C(C(C)C(C)O)C(C)C(C)(C)C.CC/C=C\CC/C=C/CO. The van der Waals surface area contributed by atoms with E-state index in [0.717, 1.165) is 24.8 Å². The minimum absolute atomic E-state index is 0.164. The van der Waals surface area contributed by atoms with Gasteiger partial charge in [-0.15, -0.1) is 0 Å². The Morgan fingerprint density at radius 3 is 1.83 bits per heavy atom. The fourth-order valence-corrected chi connectivity index (χ4v) is 1.93. The maximum absolute atomic E-state index is 9.45. The molecule has 0 radical (unpaired) electrons. The summed E-state index contributed by atoms with van der Waals surface area (Å²) >= 11 is 0. The van der Waals surface area contributed by atoms with Crippen molar-refractivity contribution in [2.24, 2.45) is 17.3 Å².